The number of hydrogen-bond acceptors (Lipinski definition) is 6. The van der Waals surface area contributed by atoms with E-state index in [1.165, 1.54) is 0 Å². The third-order valence-corrected chi connectivity index (χ3v) is 2.99. The molecule has 0 bridgehead atoms. The molecule has 0 unspecified atom stereocenters. The van der Waals surface area contributed by atoms with Crippen LogP contribution in [0.25, 0.3) is 0 Å². The molecule has 1 aromatic carbocycles. The van der Waals surface area contributed by atoms with Gasteiger partial charge in [-0.2, -0.15) is 0 Å². The van der Waals surface area contributed by atoms with Crippen molar-refractivity contribution in [1.29, 1.82) is 0 Å². The first-order valence-corrected chi connectivity index (χ1v) is 5.56. The van der Waals surface area contributed by atoms with Gasteiger partial charge in [0.2, 0.25) is 0 Å². The minimum Gasteiger partial charge on any atom is -0.478 e. The number of aromatic carboxylic acids is 5. The normalized spacial score (nSPS) is 9.61. The summed E-state index contributed by atoms with van der Waals surface area (Å²) in [5.41, 5.74) is -6.64. The molecule has 0 radical (unpaired) electrons. The molecule has 23 heavy (non-hydrogen) atoms. The van der Waals surface area contributed by atoms with Crippen molar-refractivity contribution in [2.75, 3.05) is 0 Å². The predicted octanol–water partition coefficient (Wildman–Crippen LogP) is 0.464. The summed E-state index contributed by atoms with van der Waals surface area (Å²) in [7, 11) is 0. The fraction of sp³-hybridized carbons (Fsp3) is 0. The molecule has 0 aliphatic carbocycles. The van der Waals surface area contributed by atoms with Crippen LogP contribution in [0.4, 0.5) is 0 Å². The molecular formula is C11H6O10SZn+2. The molecular weight excluding hydrogens is 390 g/mol. The van der Waals surface area contributed by atoms with Crippen molar-refractivity contribution in [3.8, 4) is 0 Å². The number of thiol groups is 1. The predicted molar refractivity (Wildman–Crippen MR) is 68.5 cm³/mol. The van der Waals surface area contributed by atoms with Gasteiger partial charge < -0.3 is 25.5 Å². The third-order valence-electron chi connectivity index (χ3n) is 2.54. The van der Waals surface area contributed by atoms with Crippen molar-refractivity contribution in [1.82, 2.24) is 0 Å². The van der Waals surface area contributed by atoms with E-state index in [0.29, 0.717) is 0 Å². The summed E-state index contributed by atoms with van der Waals surface area (Å²) >= 11 is 3.55. The fourth-order valence-corrected chi connectivity index (χ4v) is 2.21. The summed E-state index contributed by atoms with van der Waals surface area (Å²) in [6.45, 7) is 0. The van der Waals surface area contributed by atoms with E-state index in [9.17, 15) is 24.0 Å². The Balaban J connectivity index is 0.00000484. The maximum Gasteiger partial charge on any atom is 2.00 e. The fourth-order valence-electron chi connectivity index (χ4n) is 1.79. The first kappa shape index (κ1) is 20.5. The molecule has 0 fully saturated rings. The largest absolute Gasteiger partial charge is 2.00 e. The summed E-state index contributed by atoms with van der Waals surface area (Å²) in [6, 6.07) is 0. The van der Waals surface area contributed by atoms with E-state index >= 15 is 0 Å². The molecule has 0 aliphatic heterocycles. The molecule has 116 valence electrons. The van der Waals surface area contributed by atoms with Gasteiger partial charge >= 0.3 is 49.3 Å². The molecule has 0 heterocycles. The molecule has 12 heteroatoms. The first-order valence-electron chi connectivity index (χ1n) is 5.11. The number of hydrogen-bond donors (Lipinski definition) is 6. The Morgan fingerprint density at radius 2 is 0.696 bits per heavy atom. The monoisotopic (exact) mass is 394 g/mol. The number of carboxylic acid groups (broad SMARTS) is 5. The van der Waals surface area contributed by atoms with Gasteiger partial charge in [0, 0.05) is 4.90 Å². The quantitative estimate of drug-likeness (QED) is 0.302. The molecule has 0 aliphatic rings. The summed E-state index contributed by atoms with van der Waals surface area (Å²) < 4.78 is 0. The Morgan fingerprint density at radius 1 is 0.522 bits per heavy atom. The maximum absolute atomic E-state index is 11.2. The molecule has 0 aromatic heterocycles. The van der Waals surface area contributed by atoms with Gasteiger partial charge in [-0.05, 0) is 0 Å². The van der Waals surface area contributed by atoms with Gasteiger partial charge in [0.1, 0.15) is 0 Å². The topological polar surface area (TPSA) is 186 Å². The van der Waals surface area contributed by atoms with Crippen molar-refractivity contribution in [3.05, 3.63) is 27.8 Å². The average molecular weight is 396 g/mol. The Bertz CT molecular complexity index is 701. The smallest absolute Gasteiger partial charge is 0.478 e. The second-order valence-electron chi connectivity index (χ2n) is 3.75. The van der Waals surface area contributed by atoms with Crippen molar-refractivity contribution in [2.24, 2.45) is 0 Å². The number of rotatable bonds is 5. The zero-order valence-electron chi connectivity index (χ0n) is 10.9. The zero-order valence-corrected chi connectivity index (χ0v) is 14.8. The molecule has 1 rings (SSSR count). The van der Waals surface area contributed by atoms with E-state index in [4.69, 9.17) is 25.5 Å². The van der Waals surface area contributed by atoms with Crippen LogP contribution in [0.1, 0.15) is 51.8 Å². The minimum atomic E-state index is -2.10. The van der Waals surface area contributed by atoms with Crippen LogP contribution in [0.3, 0.4) is 0 Å². The van der Waals surface area contributed by atoms with Crippen LogP contribution in [0.5, 0.6) is 0 Å². The van der Waals surface area contributed by atoms with Crippen LogP contribution in [0.15, 0.2) is 4.90 Å². The SMILES string of the molecule is O=C(O)c1c(S)c(C(=O)O)c(C(=O)O)c(C(=O)O)c1C(=O)O.[Zn+2]. The van der Waals surface area contributed by atoms with Gasteiger partial charge in [-0.3, -0.25) is 0 Å². The number of carbonyl (C=O) groups is 5. The third kappa shape index (κ3) is 3.49. The van der Waals surface area contributed by atoms with Gasteiger partial charge in [0.05, 0.1) is 27.8 Å². The molecule has 1 aromatic rings. The van der Waals surface area contributed by atoms with E-state index in [2.05, 4.69) is 12.6 Å². The second kappa shape index (κ2) is 7.20. The van der Waals surface area contributed by atoms with Crippen LogP contribution in [0.2, 0.25) is 0 Å². The summed E-state index contributed by atoms with van der Waals surface area (Å²) in [5.74, 6) is -10.1. The minimum absolute atomic E-state index is 0. The Labute approximate surface area is 144 Å². The van der Waals surface area contributed by atoms with Crippen LogP contribution >= 0.6 is 12.6 Å². The molecule has 0 saturated carbocycles. The Morgan fingerprint density at radius 3 is 0.870 bits per heavy atom. The van der Waals surface area contributed by atoms with Crippen LogP contribution in [-0.2, 0) is 19.5 Å². The summed E-state index contributed by atoms with van der Waals surface area (Å²) in [4.78, 5) is 54.8. The van der Waals surface area contributed by atoms with Gasteiger partial charge in [0.15, 0.2) is 0 Å². The van der Waals surface area contributed by atoms with Gasteiger partial charge in [-0.15, -0.1) is 12.6 Å². The number of benzene rings is 1. The average Bonchev–Trinajstić information content (AvgIpc) is 2.34. The van der Waals surface area contributed by atoms with Crippen LogP contribution in [0, 0.1) is 0 Å². The van der Waals surface area contributed by atoms with Crippen molar-refractivity contribution < 1.29 is 69.0 Å². The van der Waals surface area contributed by atoms with E-state index in [1.54, 1.807) is 0 Å². The molecule has 0 amide bonds. The summed E-state index contributed by atoms with van der Waals surface area (Å²) in [5, 5.41) is 45.0. The Kier molecular flexibility index (Phi) is 6.43. The Hall–Kier alpha value is -2.46. The maximum atomic E-state index is 11.2. The zero-order chi connectivity index (χ0) is 17.4. The van der Waals surface area contributed by atoms with Gasteiger partial charge in [-0.25, -0.2) is 24.0 Å². The first-order chi connectivity index (χ1) is 10.0. The second-order valence-corrected chi connectivity index (χ2v) is 4.20. The van der Waals surface area contributed by atoms with E-state index in [-0.39, 0.29) is 19.5 Å². The molecule has 10 nitrogen and oxygen atoms in total. The molecule has 0 saturated heterocycles. The number of carboxylic acids is 5. The molecule has 5 N–H and O–H groups in total. The van der Waals surface area contributed by atoms with Gasteiger partial charge in [-0.1, -0.05) is 0 Å². The standard InChI is InChI=1S/C11H6O10S.Zn/c12-7(13)1-2(8(14)15)4(10(18)19)6(22)5(11(20)21)3(1)9(16)17;/h22H,(H,12,13)(H,14,15)(H,16,17)(H,18,19)(H,20,21);/q;+2. The molecule has 0 atom stereocenters. The van der Waals surface area contributed by atoms with E-state index in [1.807, 2.05) is 0 Å². The van der Waals surface area contributed by atoms with Crippen molar-refractivity contribution >= 4 is 42.5 Å². The molecule has 0 spiro atoms. The van der Waals surface area contributed by atoms with E-state index < -0.39 is 62.6 Å². The van der Waals surface area contributed by atoms with Crippen LogP contribution < -0.4 is 0 Å². The van der Waals surface area contributed by atoms with Crippen molar-refractivity contribution in [3.63, 3.8) is 0 Å². The van der Waals surface area contributed by atoms with E-state index in [0.717, 1.165) is 0 Å². The van der Waals surface area contributed by atoms with Gasteiger partial charge in [0.25, 0.3) is 0 Å². The summed E-state index contributed by atoms with van der Waals surface area (Å²) in [6.07, 6.45) is 0. The van der Waals surface area contributed by atoms with Crippen molar-refractivity contribution in [2.45, 2.75) is 4.90 Å². The van der Waals surface area contributed by atoms with Crippen LogP contribution in [-0.4, -0.2) is 55.4 Å².